The van der Waals surface area contributed by atoms with Crippen LogP contribution >= 0.6 is 0 Å². The molecule has 0 fully saturated rings. The number of halogens is 2. The van der Waals surface area contributed by atoms with E-state index >= 15 is 0 Å². The van der Waals surface area contributed by atoms with Crippen LogP contribution in [0.15, 0.2) is 35.1 Å². The predicted octanol–water partition coefficient (Wildman–Crippen LogP) is 2.35. The Kier molecular flexibility index (Phi) is 3.59. The van der Waals surface area contributed by atoms with E-state index in [1.165, 1.54) is 22.8 Å². The van der Waals surface area contributed by atoms with E-state index in [1.54, 1.807) is 6.07 Å². The number of hydrogen-bond donors (Lipinski definition) is 1. The summed E-state index contributed by atoms with van der Waals surface area (Å²) < 4.78 is 28.4. The first-order chi connectivity index (χ1) is 10.1. The highest BCUT2D eigenvalue weighted by atomic mass is 19.2. The fraction of sp³-hybridized carbons (Fsp3) is 0.312. The largest absolute Gasteiger partial charge is 0.386 e. The van der Waals surface area contributed by atoms with E-state index in [1.807, 2.05) is 0 Å². The summed E-state index contributed by atoms with van der Waals surface area (Å²) in [7, 11) is 0. The summed E-state index contributed by atoms with van der Waals surface area (Å²) in [4.78, 5) is 12.0. The molecule has 2 aromatic rings. The van der Waals surface area contributed by atoms with Gasteiger partial charge in [-0.1, -0.05) is 18.2 Å². The molecule has 1 heterocycles. The van der Waals surface area contributed by atoms with Gasteiger partial charge in [-0.05, 0) is 30.9 Å². The van der Waals surface area contributed by atoms with Crippen molar-refractivity contribution >= 4 is 0 Å². The molecule has 1 aromatic carbocycles. The molecule has 3 nitrogen and oxygen atoms in total. The molecular weight excluding hydrogens is 276 g/mol. The fourth-order valence-electron chi connectivity index (χ4n) is 2.88. The van der Waals surface area contributed by atoms with E-state index in [0.29, 0.717) is 0 Å². The van der Waals surface area contributed by atoms with Crippen molar-refractivity contribution in [2.24, 2.45) is 0 Å². The Bertz CT molecular complexity index is 740. The highest BCUT2D eigenvalue weighted by molar-refractivity contribution is 5.27. The number of pyridine rings is 1. The normalized spacial score (nSPS) is 15.0. The average molecular weight is 291 g/mol. The average Bonchev–Trinajstić information content (AvgIpc) is 2.93. The van der Waals surface area contributed by atoms with Crippen LogP contribution in [-0.2, 0) is 19.4 Å². The number of aliphatic hydroxyl groups excluding tert-OH is 1. The lowest BCUT2D eigenvalue weighted by Gasteiger charge is -2.17. The van der Waals surface area contributed by atoms with Crippen LogP contribution < -0.4 is 5.56 Å². The molecular formula is C16H15F2NO2. The van der Waals surface area contributed by atoms with Gasteiger partial charge in [0, 0.05) is 17.3 Å². The summed E-state index contributed by atoms with van der Waals surface area (Å²) in [6, 6.07) is 6.93. The SMILES string of the molecule is O=c1ccc2c(n1CC(O)c1cccc(F)c1F)CCC2. The zero-order chi connectivity index (χ0) is 15.0. The van der Waals surface area contributed by atoms with Gasteiger partial charge in [-0.25, -0.2) is 8.78 Å². The molecule has 1 unspecified atom stereocenters. The number of aryl methyl sites for hydroxylation is 1. The van der Waals surface area contributed by atoms with E-state index in [0.717, 1.165) is 36.6 Å². The molecule has 21 heavy (non-hydrogen) atoms. The lowest BCUT2D eigenvalue weighted by molar-refractivity contribution is 0.148. The summed E-state index contributed by atoms with van der Waals surface area (Å²) in [6.45, 7) is -0.0671. The third kappa shape index (κ3) is 2.49. The van der Waals surface area contributed by atoms with Gasteiger partial charge in [0.15, 0.2) is 11.6 Å². The molecule has 0 radical (unpaired) electrons. The number of hydrogen-bond acceptors (Lipinski definition) is 2. The van der Waals surface area contributed by atoms with Gasteiger partial charge in [0.1, 0.15) is 0 Å². The van der Waals surface area contributed by atoms with Crippen LogP contribution in [0.1, 0.15) is 29.3 Å². The predicted molar refractivity (Wildman–Crippen MR) is 74.0 cm³/mol. The first-order valence-electron chi connectivity index (χ1n) is 6.91. The van der Waals surface area contributed by atoms with Gasteiger partial charge in [0.25, 0.3) is 5.56 Å². The second kappa shape index (κ2) is 5.41. The van der Waals surface area contributed by atoms with Gasteiger partial charge < -0.3 is 9.67 Å². The van der Waals surface area contributed by atoms with E-state index in [2.05, 4.69) is 0 Å². The van der Waals surface area contributed by atoms with Crippen molar-refractivity contribution in [3.05, 3.63) is 69.1 Å². The van der Waals surface area contributed by atoms with E-state index in [-0.39, 0.29) is 17.7 Å². The topological polar surface area (TPSA) is 42.2 Å². The Hall–Kier alpha value is -2.01. The second-order valence-electron chi connectivity index (χ2n) is 5.27. The molecule has 0 saturated heterocycles. The van der Waals surface area contributed by atoms with Gasteiger partial charge in [-0.15, -0.1) is 0 Å². The Labute approximate surface area is 120 Å². The molecule has 1 N–H and O–H groups in total. The van der Waals surface area contributed by atoms with Crippen molar-refractivity contribution in [3.63, 3.8) is 0 Å². The van der Waals surface area contributed by atoms with Gasteiger partial charge in [-0.2, -0.15) is 0 Å². The molecule has 1 atom stereocenters. The minimum atomic E-state index is -1.26. The van der Waals surface area contributed by atoms with Gasteiger partial charge >= 0.3 is 0 Å². The van der Waals surface area contributed by atoms with Crippen LogP contribution in [0.5, 0.6) is 0 Å². The second-order valence-corrected chi connectivity index (χ2v) is 5.27. The summed E-state index contributed by atoms with van der Waals surface area (Å²) in [6.07, 6.45) is 1.37. The molecule has 3 rings (SSSR count). The van der Waals surface area contributed by atoms with Crippen molar-refractivity contribution in [1.29, 1.82) is 0 Å². The first kappa shape index (κ1) is 13.9. The van der Waals surface area contributed by atoms with E-state index < -0.39 is 17.7 Å². The van der Waals surface area contributed by atoms with Crippen LogP contribution in [0.2, 0.25) is 0 Å². The molecule has 0 spiro atoms. The maximum Gasteiger partial charge on any atom is 0.250 e. The Morgan fingerprint density at radius 3 is 2.81 bits per heavy atom. The van der Waals surface area contributed by atoms with Gasteiger partial charge in [-0.3, -0.25) is 4.79 Å². The van der Waals surface area contributed by atoms with Gasteiger partial charge in [0.05, 0.1) is 12.6 Å². The van der Waals surface area contributed by atoms with Crippen LogP contribution in [0.25, 0.3) is 0 Å². The van der Waals surface area contributed by atoms with Crippen LogP contribution in [0.4, 0.5) is 8.78 Å². The maximum absolute atomic E-state index is 13.7. The van der Waals surface area contributed by atoms with E-state index in [4.69, 9.17) is 0 Å². The molecule has 0 aliphatic heterocycles. The number of benzene rings is 1. The highest BCUT2D eigenvalue weighted by Crippen LogP contribution is 2.24. The van der Waals surface area contributed by atoms with Crippen molar-refractivity contribution < 1.29 is 13.9 Å². The number of rotatable bonds is 3. The number of aromatic nitrogens is 1. The molecule has 0 amide bonds. The summed E-state index contributed by atoms with van der Waals surface area (Å²) >= 11 is 0. The third-order valence-electron chi connectivity index (χ3n) is 3.95. The molecule has 1 aliphatic rings. The lowest BCUT2D eigenvalue weighted by atomic mass is 10.1. The number of fused-ring (bicyclic) bond motifs is 1. The highest BCUT2D eigenvalue weighted by Gasteiger charge is 2.21. The van der Waals surface area contributed by atoms with E-state index in [9.17, 15) is 18.7 Å². The zero-order valence-electron chi connectivity index (χ0n) is 11.4. The zero-order valence-corrected chi connectivity index (χ0v) is 11.4. The minimum absolute atomic E-state index is 0.0671. The quantitative estimate of drug-likeness (QED) is 0.943. The van der Waals surface area contributed by atoms with Crippen LogP contribution in [0, 0.1) is 11.6 Å². The molecule has 1 aromatic heterocycles. The first-order valence-corrected chi connectivity index (χ1v) is 6.91. The molecule has 0 saturated carbocycles. The minimum Gasteiger partial charge on any atom is -0.386 e. The Balaban J connectivity index is 1.96. The standard InChI is InChI=1S/C16H15F2NO2/c17-12-5-2-4-11(16(12)18)14(20)9-19-13-6-1-3-10(13)7-8-15(19)21/h2,4-5,7-8,14,20H,1,3,6,9H2. The Morgan fingerprint density at radius 1 is 1.19 bits per heavy atom. The third-order valence-corrected chi connectivity index (χ3v) is 3.95. The van der Waals surface area contributed by atoms with Crippen molar-refractivity contribution in [1.82, 2.24) is 4.57 Å². The van der Waals surface area contributed by atoms with Crippen molar-refractivity contribution in [2.45, 2.75) is 31.9 Å². The van der Waals surface area contributed by atoms with Crippen LogP contribution in [-0.4, -0.2) is 9.67 Å². The summed E-state index contributed by atoms with van der Waals surface area (Å²) in [5.41, 5.74) is 1.61. The smallest absolute Gasteiger partial charge is 0.250 e. The molecule has 1 aliphatic carbocycles. The number of aliphatic hydroxyl groups is 1. The van der Waals surface area contributed by atoms with Crippen molar-refractivity contribution in [2.75, 3.05) is 0 Å². The molecule has 0 bridgehead atoms. The Morgan fingerprint density at radius 2 is 2.00 bits per heavy atom. The van der Waals surface area contributed by atoms with Crippen molar-refractivity contribution in [3.8, 4) is 0 Å². The van der Waals surface area contributed by atoms with Gasteiger partial charge in [0.2, 0.25) is 0 Å². The summed E-state index contributed by atoms with van der Waals surface area (Å²) in [5, 5.41) is 10.2. The summed E-state index contributed by atoms with van der Waals surface area (Å²) in [5.74, 6) is -2.07. The lowest BCUT2D eigenvalue weighted by Crippen LogP contribution is -2.26. The van der Waals surface area contributed by atoms with Crippen LogP contribution in [0.3, 0.4) is 0 Å². The molecule has 110 valence electrons. The number of nitrogens with zero attached hydrogens (tertiary/aromatic N) is 1. The molecule has 5 heteroatoms. The monoisotopic (exact) mass is 291 g/mol. The fourth-order valence-corrected chi connectivity index (χ4v) is 2.88. The maximum atomic E-state index is 13.7.